The molecule has 0 atom stereocenters. The molecule has 1 N–H and O–H groups in total. The summed E-state index contributed by atoms with van der Waals surface area (Å²) in [7, 11) is 0. The normalized spacial score (nSPS) is 11.0. The van der Waals surface area contributed by atoms with Crippen LogP contribution in [0.2, 0.25) is 5.02 Å². The molecule has 0 spiro atoms. The molecular weight excluding hydrogens is 379 g/mol. The van der Waals surface area contributed by atoms with Gasteiger partial charge in [-0.1, -0.05) is 17.7 Å². The van der Waals surface area contributed by atoms with Crippen molar-refractivity contribution in [3.05, 3.63) is 82.4 Å². The van der Waals surface area contributed by atoms with Crippen LogP contribution in [-0.4, -0.2) is 20.7 Å². The molecular formula is C21H16ClFN4O. The summed E-state index contributed by atoms with van der Waals surface area (Å²) < 4.78 is 14.9. The summed E-state index contributed by atoms with van der Waals surface area (Å²) in [5.41, 5.74) is 3.60. The average Bonchev–Trinajstić information content (AvgIpc) is 2.98. The molecule has 0 fully saturated rings. The number of fused-ring (bicyclic) bond motifs is 1. The second-order valence-electron chi connectivity index (χ2n) is 6.45. The summed E-state index contributed by atoms with van der Waals surface area (Å²) in [5.74, 6) is -0.609. The molecule has 28 heavy (non-hydrogen) atoms. The van der Waals surface area contributed by atoms with Gasteiger partial charge in [0, 0.05) is 16.4 Å². The number of halogens is 2. The van der Waals surface area contributed by atoms with Gasteiger partial charge < -0.3 is 5.32 Å². The number of nitrogens with one attached hydrogen (secondary N) is 1. The lowest BCUT2D eigenvalue weighted by atomic mass is 10.1. The molecule has 140 valence electrons. The van der Waals surface area contributed by atoms with Crippen LogP contribution in [-0.2, 0) is 0 Å². The molecule has 0 saturated heterocycles. The second-order valence-corrected chi connectivity index (χ2v) is 6.88. The molecule has 0 aliphatic carbocycles. The van der Waals surface area contributed by atoms with E-state index >= 15 is 0 Å². The van der Waals surface area contributed by atoms with Crippen molar-refractivity contribution >= 4 is 34.2 Å². The van der Waals surface area contributed by atoms with Crippen molar-refractivity contribution in [3.8, 4) is 5.69 Å². The maximum absolute atomic E-state index is 13.3. The molecule has 0 aliphatic heterocycles. The van der Waals surface area contributed by atoms with Crippen LogP contribution in [0, 0.1) is 19.7 Å². The number of benzene rings is 2. The van der Waals surface area contributed by atoms with Gasteiger partial charge in [-0.05, 0) is 62.4 Å². The first-order valence-corrected chi connectivity index (χ1v) is 9.00. The van der Waals surface area contributed by atoms with Crippen molar-refractivity contribution in [3.63, 3.8) is 0 Å². The van der Waals surface area contributed by atoms with Crippen molar-refractivity contribution in [2.24, 2.45) is 0 Å². The van der Waals surface area contributed by atoms with E-state index in [0.717, 1.165) is 0 Å². The smallest absolute Gasteiger partial charge is 0.256 e. The number of carbonyl (C=O) groups is 1. The SMILES string of the molecule is Cc1cc(C(=O)Nc2cccc(Cl)c2)c2c(C)nn(-c3ccc(F)cc3)c2n1. The number of amides is 1. The first-order chi connectivity index (χ1) is 13.4. The van der Waals surface area contributed by atoms with Gasteiger partial charge in [-0.3, -0.25) is 4.79 Å². The summed E-state index contributed by atoms with van der Waals surface area (Å²) in [6.07, 6.45) is 0. The van der Waals surface area contributed by atoms with Gasteiger partial charge in [0.15, 0.2) is 5.65 Å². The Bertz CT molecular complexity index is 1200. The Balaban J connectivity index is 1.83. The van der Waals surface area contributed by atoms with Crippen molar-refractivity contribution in [2.75, 3.05) is 5.32 Å². The molecule has 2 aromatic carbocycles. The van der Waals surface area contributed by atoms with Crippen LogP contribution in [0.4, 0.5) is 10.1 Å². The molecule has 0 aliphatic rings. The van der Waals surface area contributed by atoms with Crippen molar-refractivity contribution in [1.82, 2.24) is 14.8 Å². The van der Waals surface area contributed by atoms with Crippen LogP contribution in [0.1, 0.15) is 21.7 Å². The second kappa shape index (κ2) is 7.05. The molecule has 2 heterocycles. The zero-order valence-electron chi connectivity index (χ0n) is 15.2. The highest BCUT2D eigenvalue weighted by atomic mass is 35.5. The number of carbonyl (C=O) groups excluding carboxylic acids is 1. The molecule has 4 rings (SSSR count). The van der Waals surface area contributed by atoms with E-state index in [9.17, 15) is 9.18 Å². The monoisotopic (exact) mass is 394 g/mol. The molecule has 0 saturated carbocycles. The maximum atomic E-state index is 13.3. The first-order valence-electron chi connectivity index (χ1n) is 8.62. The number of aromatic nitrogens is 3. The predicted molar refractivity (Wildman–Crippen MR) is 108 cm³/mol. The van der Waals surface area contributed by atoms with E-state index in [1.165, 1.54) is 12.1 Å². The number of nitrogens with zero attached hydrogens (tertiary/aromatic N) is 3. The van der Waals surface area contributed by atoms with Gasteiger partial charge in [0.05, 0.1) is 22.3 Å². The van der Waals surface area contributed by atoms with E-state index in [2.05, 4.69) is 15.4 Å². The Morgan fingerprint density at radius 3 is 2.57 bits per heavy atom. The van der Waals surface area contributed by atoms with Crippen LogP contribution in [0.5, 0.6) is 0 Å². The van der Waals surface area contributed by atoms with E-state index in [4.69, 9.17) is 11.6 Å². The third-order valence-corrected chi connectivity index (χ3v) is 4.57. The quantitative estimate of drug-likeness (QED) is 0.527. The summed E-state index contributed by atoms with van der Waals surface area (Å²) >= 11 is 6.00. The first kappa shape index (κ1) is 18.1. The van der Waals surface area contributed by atoms with Crippen LogP contribution in [0.15, 0.2) is 54.6 Å². The van der Waals surface area contributed by atoms with Crippen LogP contribution >= 0.6 is 11.6 Å². The fourth-order valence-electron chi connectivity index (χ4n) is 3.12. The fraction of sp³-hybridized carbons (Fsp3) is 0.0952. The van der Waals surface area contributed by atoms with Crippen LogP contribution in [0.3, 0.4) is 0 Å². The molecule has 1 amide bonds. The van der Waals surface area contributed by atoms with Gasteiger partial charge in [0.1, 0.15) is 5.82 Å². The van der Waals surface area contributed by atoms with E-state index in [-0.39, 0.29) is 11.7 Å². The number of hydrogen-bond donors (Lipinski definition) is 1. The molecule has 0 radical (unpaired) electrons. The predicted octanol–water partition coefficient (Wildman–Crippen LogP) is 5.08. The minimum Gasteiger partial charge on any atom is -0.322 e. The Morgan fingerprint density at radius 1 is 1.11 bits per heavy atom. The summed E-state index contributed by atoms with van der Waals surface area (Å²) in [6.45, 7) is 3.63. The third kappa shape index (κ3) is 3.34. The Kier molecular flexibility index (Phi) is 4.57. The number of rotatable bonds is 3. The molecule has 5 nitrogen and oxygen atoms in total. The largest absolute Gasteiger partial charge is 0.322 e. The number of pyridine rings is 1. The molecule has 4 aromatic rings. The van der Waals surface area contributed by atoms with Gasteiger partial charge >= 0.3 is 0 Å². The van der Waals surface area contributed by atoms with Crippen molar-refractivity contribution in [1.29, 1.82) is 0 Å². The summed E-state index contributed by atoms with van der Waals surface area (Å²) in [4.78, 5) is 17.5. The number of anilines is 1. The van der Waals surface area contributed by atoms with Crippen molar-refractivity contribution < 1.29 is 9.18 Å². The zero-order chi connectivity index (χ0) is 19.8. The third-order valence-electron chi connectivity index (χ3n) is 4.34. The summed E-state index contributed by atoms with van der Waals surface area (Å²) in [5, 5.41) is 8.57. The maximum Gasteiger partial charge on any atom is 0.256 e. The lowest BCUT2D eigenvalue weighted by Crippen LogP contribution is -2.13. The number of aryl methyl sites for hydroxylation is 2. The van der Waals surface area contributed by atoms with E-state index in [1.807, 2.05) is 13.8 Å². The van der Waals surface area contributed by atoms with E-state index in [1.54, 1.807) is 47.1 Å². The lowest BCUT2D eigenvalue weighted by Gasteiger charge is -2.09. The van der Waals surface area contributed by atoms with Gasteiger partial charge in [-0.25, -0.2) is 14.1 Å². The summed E-state index contributed by atoms with van der Waals surface area (Å²) in [6, 6.07) is 14.6. The highest BCUT2D eigenvalue weighted by Gasteiger charge is 2.19. The highest BCUT2D eigenvalue weighted by Crippen LogP contribution is 2.26. The Hall–Kier alpha value is -3.25. The topological polar surface area (TPSA) is 59.8 Å². The molecule has 7 heteroatoms. The Morgan fingerprint density at radius 2 is 1.86 bits per heavy atom. The van der Waals surface area contributed by atoms with Crippen LogP contribution in [0.25, 0.3) is 16.7 Å². The fourth-order valence-corrected chi connectivity index (χ4v) is 3.31. The van der Waals surface area contributed by atoms with Gasteiger partial charge in [-0.2, -0.15) is 5.10 Å². The zero-order valence-corrected chi connectivity index (χ0v) is 16.0. The highest BCUT2D eigenvalue weighted by molar-refractivity contribution is 6.31. The molecule has 0 bridgehead atoms. The van der Waals surface area contributed by atoms with E-state index < -0.39 is 0 Å². The molecule has 0 unspecified atom stereocenters. The van der Waals surface area contributed by atoms with Gasteiger partial charge in [-0.15, -0.1) is 0 Å². The van der Waals surface area contributed by atoms with Gasteiger partial charge in [0.2, 0.25) is 0 Å². The van der Waals surface area contributed by atoms with Gasteiger partial charge in [0.25, 0.3) is 5.91 Å². The standard InChI is InChI=1S/C21H16ClFN4O/c1-12-10-18(21(28)25-16-5-3-4-14(22)11-16)19-13(2)26-27(20(19)24-12)17-8-6-15(23)7-9-17/h3-11H,1-2H3,(H,25,28). The minimum absolute atomic E-state index is 0.278. The average molecular weight is 395 g/mol. The molecule has 2 aromatic heterocycles. The van der Waals surface area contributed by atoms with Crippen LogP contribution < -0.4 is 5.32 Å². The number of hydrogen-bond acceptors (Lipinski definition) is 3. The lowest BCUT2D eigenvalue weighted by molar-refractivity contribution is 0.102. The Labute approximate surface area is 165 Å². The minimum atomic E-state index is -0.331. The van der Waals surface area contributed by atoms with E-state index in [0.29, 0.717) is 44.4 Å². The van der Waals surface area contributed by atoms with Crippen molar-refractivity contribution in [2.45, 2.75) is 13.8 Å².